The third-order valence-corrected chi connectivity index (χ3v) is 1.86. The average molecular weight is 210 g/mol. The standard InChI is InChI=1S/C10H18N4O/c1-3-5-11-10-12-6-4-9(14-10)13-8(2)7-15/h4,6,8,15H,3,5,7H2,1-2H3,(H2,11,12,13,14). The fourth-order valence-corrected chi connectivity index (χ4v) is 1.06. The van der Waals surface area contributed by atoms with Gasteiger partial charge in [0.2, 0.25) is 5.95 Å². The summed E-state index contributed by atoms with van der Waals surface area (Å²) in [5.74, 6) is 1.34. The highest BCUT2D eigenvalue weighted by atomic mass is 16.3. The lowest BCUT2D eigenvalue weighted by Gasteiger charge is -2.11. The van der Waals surface area contributed by atoms with Crippen molar-refractivity contribution >= 4 is 11.8 Å². The van der Waals surface area contributed by atoms with Crippen LogP contribution in [0.1, 0.15) is 20.3 Å². The normalized spacial score (nSPS) is 12.2. The third-order valence-electron chi connectivity index (χ3n) is 1.86. The minimum Gasteiger partial charge on any atom is -0.394 e. The first kappa shape index (κ1) is 11.7. The number of aromatic nitrogens is 2. The van der Waals surface area contributed by atoms with E-state index in [2.05, 4.69) is 27.5 Å². The Labute approximate surface area is 90.0 Å². The third kappa shape index (κ3) is 4.12. The molecule has 0 bridgehead atoms. The summed E-state index contributed by atoms with van der Waals surface area (Å²) in [4.78, 5) is 8.34. The van der Waals surface area contributed by atoms with Crippen LogP contribution in [0.25, 0.3) is 0 Å². The summed E-state index contributed by atoms with van der Waals surface area (Å²) in [5, 5.41) is 15.1. The van der Waals surface area contributed by atoms with Crippen molar-refractivity contribution in [3.8, 4) is 0 Å². The van der Waals surface area contributed by atoms with Crippen molar-refractivity contribution < 1.29 is 5.11 Å². The van der Waals surface area contributed by atoms with Crippen molar-refractivity contribution in [2.75, 3.05) is 23.8 Å². The predicted molar refractivity (Wildman–Crippen MR) is 61.0 cm³/mol. The maximum absolute atomic E-state index is 8.89. The van der Waals surface area contributed by atoms with Gasteiger partial charge in [0.1, 0.15) is 5.82 Å². The Balaban J connectivity index is 2.57. The molecule has 15 heavy (non-hydrogen) atoms. The zero-order valence-corrected chi connectivity index (χ0v) is 9.20. The van der Waals surface area contributed by atoms with Crippen LogP contribution in [0, 0.1) is 0 Å². The first-order valence-corrected chi connectivity index (χ1v) is 5.20. The van der Waals surface area contributed by atoms with Crippen molar-refractivity contribution in [2.45, 2.75) is 26.3 Å². The summed E-state index contributed by atoms with van der Waals surface area (Å²) in [5.41, 5.74) is 0. The molecule has 0 aliphatic heterocycles. The van der Waals surface area contributed by atoms with Crippen LogP contribution in [0.3, 0.4) is 0 Å². The molecule has 3 N–H and O–H groups in total. The van der Waals surface area contributed by atoms with Gasteiger partial charge in [0, 0.05) is 18.8 Å². The van der Waals surface area contributed by atoms with Gasteiger partial charge in [-0.3, -0.25) is 0 Å². The van der Waals surface area contributed by atoms with Crippen molar-refractivity contribution in [1.29, 1.82) is 0 Å². The van der Waals surface area contributed by atoms with Crippen molar-refractivity contribution in [3.63, 3.8) is 0 Å². The van der Waals surface area contributed by atoms with E-state index in [-0.39, 0.29) is 12.6 Å². The summed E-state index contributed by atoms with van der Waals surface area (Å²) in [6.07, 6.45) is 2.73. The lowest BCUT2D eigenvalue weighted by Crippen LogP contribution is -2.20. The average Bonchev–Trinajstić information content (AvgIpc) is 2.26. The maximum Gasteiger partial charge on any atom is 0.224 e. The molecule has 0 aromatic carbocycles. The number of hydrogen-bond donors (Lipinski definition) is 3. The Kier molecular flexibility index (Phi) is 4.83. The van der Waals surface area contributed by atoms with E-state index in [0.717, 1.165) is 18.8 Å². The molecule has 1 unspecified atom stereocenters. The van der Waals surface area contributed by atoms with Gasteiger partial charge in [-0.25, -0.2) is 4.98 Å². The quantitative estimate of drug-likeness (QED) is 0.655. The lowest BCUT2D eigenvalue weighted by molar-refractivity contribution is 0.281. The van der Waals surface area contributed by atoms with Gasteiger partial charge in [0.05, 0.1) is 6.61 Å². The van der Waals surface area contributed by atoms with Crippen LogP contribution >= 0.6 is 0 Å². The van der Waals surface area contributed by atoms with Gasteiger partial charge >= 0.3 is 0 Å². The predicted octanol–water partition coefficient (Wildman–Crippen LogP) is 1.09. The zero-order chi connectivity index (χ0) is 11.1. The Hall–Kier alpha value is -1.36. The molecule has 0 aliphatic carbocycles. The summed E-state index contributed by atoms with van der Waals surface area (Å²) in [6.45, 7) is 4.92. The molecule has 1 atom stereocenters. The van der Waals surface area contributed by atoms with E-state index in [0.29, 0.717) is 5.95 Å². The highest BCUT2D eigenvalue weighted by Crippen LogP contribution is 2.06. The van der Waals surface area contributed by atoms with Gasteiger partial charge < -0.3 is 15.7 Å². The Morgan fingerprint density at radius 3 is 3.00 bits per heavy atom. The van der Waals surface area contributed by atoms with Gasteiger partial charge in [-0.2, -0.15) is 4.98 Å². The number of hydrogen-bond acceptors (Lipinski definition) is 5. The number of aliphatic hydroxyl groups excluding tert-OH is 1. The van der Waals surface area contributed by atoms with Crippen LogP contribution in [0.4, 0.5) is 11.8 Å². The van der Waals surface area contributed by atoms with E-state index in [1.54, 1.807) is 12.3 Å². The Morgan fingerprint density at radius 2 is 2.33 bits per heavy atom. The molecule has 1 heterocycles. The summed E-state index contributed by atoms with van der Waals surface area (Å²) >= 11 is 0. The fraction of sp³-hybridized carbons (Fsp3) is 0.600. The monoisotopic (exact) mass is 210 g/mol. The van der Waals surface area contributed by atoms with E-state index in [1.807, 2.05) is 6.92 Å². The lowest BCUT2D eigenvalue weighted by atomic mass is 10.3. The Morgan fingerprint density at radius 1 is 1.53 bits per heavy atom. The molecule has 1 aromatic heterocycles. The first-order chi connectivity index (χ1) is 7.26. The zero-order valence-electron chi connectivity index (χ0n) is 9.20. The van der Waals surface area contributed by atoms with E-state index in [1.165, 1.54) is 0 Å². The van der Waals surface area contributed by atoms with E-state index >= 15 is 0 Å². The molecule has 0 fully saturated rings. The second kappa shape index (κ2) is 6.19. The minimum atomic E-state index is -0.000995. The topological polar surface area (TPSA) is 70.1 Å². The van der Waals surface area contributed by atoms with Crippen molar-refractivity contribution in [3.05, 3.63) is 12.3 Å². The molecule has 0 amide bonds. The number of rotatable bonds is 6. The van der Waals surface area contributed by atoms with Gasteiger partial charge in [-0.15, -0.1) is 0 Å². The minimum absolute atomic E-state index is 0.000995. The fourth-order valence-electron chi connectivity index (χ4n) is 1.06. The second-order valence-electron chi connectivity index (χ2n) is 3.42. The molecule has 5 heteroatoms. The molecule has 0 radical (unpaired) electrons. The number of anilines is 2. The van der Waals surface area contributed by atoms with Crippen LogP contribution in [-0.4, -0.2) is 34.3 Å². The van der Waals surface area contributed by atoms with Crippen LogP contribution in [0.2, 0.25) is 0 Å². The number of nitrogens with zero attached hydrogens (tertiary/aromatic N) is 2. The molecule has 5 nitrogen and oxygen atoms in total. The van der Waals surface area contributed by atoms with Crippen LogP contribution in [-0.2, 0) is 0 Å². The van der Waals surface area contributed by atoms with E-state index in [9.17, 15) is 0 Å². The van der Waals surface area contributed by atoms with Crippen LogP contribution in [0.15, 0.2) is 12.3 Å². The summed E-state index contributed by atoms with van der Waals surface area (Å²) in [7, 11) is 0. The largest absolute Gasteiger partial charge is 0.394 e. The molecule has 1 aromatic rings. The van der Waals surface area contributed by atoms with Gasteiger partial charge in [0.25, 0.3) is 0 Å². The molecular weight excluding hydrogens is 192 g/mol. The molecule has 1 rings (SSSR count). The van der Waals surface area contributed by atoms with E-state index < -0.39 is 0 Å². The summed E-state index contributed by atoms with van der Waals surface area (Å²) in [6, 6.07) is 1.78. The number of nitrogens with one attached hydrogen (secondary N) is 2. The van der Waals surface area contributed by atoms with Crippen LogP contribution < -0.4 is 10.6 Å². The molecular formula is C10H18N4O. The maximum atomic E-state index is 8.89. The highest BCUT2D eigenvalue weighted by molar-refractivity contribution is 5.40. The van der Waals surface area contributed by atoms with Gasteiger partial charge in [-0.05, 0) is 19.4 Å². The molecule has 84 valence electrons. The van der Waals surface area contributed by atoms with Crippen molar-refractivity contribution in [1.82, 2.24) is 9.97 Å². The van der Waals surface area contributed by atoms with Gasteiger partial charge in [0.15, 0.2) is 0 Å². The molecule has 0 saturated heterocycles. The SMILES string of the molecule is CCCNc1nccc(NC(C)CO)n1. The first-order valence-electron chi connectivity index (χ1n) is 5.20. The Bertz CT molecular complexity index is 293. The van der Waals surface area contributed by atoms with Crippen molar-refractivity contribution in [2.24, 2.45) is 0 Å². The van der Waals surface area contributed by atoms with Crippen LogP contribution in [0.5, 0.6) is 0 Å². The van der Waals surface area contributed by atoms with Gasteiger partial charge in [-0.1, -0.05) is 6.92 Å². The summed E-state index contributed by atoms with van der Waals surface area (Å²) < 4.78 is 0. The van der Waals surface area contributed by atoms with E-state index in [4.69, 9.17) is 5.11 Å². The smallest absolute Gasteiger partial charge is 0.224 e. The molecule has 0 spiro atoms. The number of aliphatic hydroxyl groups is 1. The second-order valence-corrected chi connectivity index (χ2v) is 3.42. The highest BCUT2D eigenvalue weighted by Gasteiger charge is 2.02. The molecule has 0 aliphatic rings. The molecule has 0 saturated carbocycles.